The Balaban J connectivity index is 4.28. The van der Waals surface area contributed by atoms with Gasteiger partial charge in [-0.1, -0.05) is 12.2 Å². The number of hydrogen-bond acceptors (Lipinski definition) is 2. The van der Waals surface area contributed by atoms with Gasteiger partial charge in [0.25, 0.3) is 0 Å². The molecule has 14 heavy (non-hydrogen) atoms. The quantitative estimate of drug-likeness (QED) is 0.600. The minimum absolute atomic E-state index is 0.0472. The van der Waals surface area contributed by atoms with Gasteiger partial charge in [0, 0.05) is 6.42 Å². The van der Waals surface area contributed by atoms with Crippen LogP contribution in [-0.4, -0.2) is 28.8 Å². The normalized spacial score (nSPS) is 13.6. The molecule has 1 atom stereocenters. The Morgan fingerprint density at radius 1 is 1.43 bits per heavy atom. The summed E-state index contributed by atoms with van der Waals surface area (Å²) in [5, 5.41) is 10.3. The molecule has 0 fully saturated rings. The molecule has 0 saturated heterocycles. The van der Waals surface area contributed by atoms with Gasteiger partial charge in [-0.15, -0.1) is 13.2 Å². The molecule has 0 spiro atoms. The summed E-state index contributed by atoms with van der Waals surface area (Å²) < 4.78 is 0. The Labute approximate surface area is 91.3 Å². The van der Waals surface area contributed by atoms with Crippen molar-refractivity contribution in [3.05, 3.63) is 25.3 Å². The molecule has 3 heteroatoms. The van der Waals surface area contributed by atoms with E-state index in [1.807, 2.05) is 0 Å². The van der Waals surface area contributed by atoms with Crippen molar-refractivity contribution < 1.29 is 10.8 Å². The van der Waals surface area contributed by atoms with Gasteiger partial charge in [-0.2, -0.15) is 11.8 Å². The molecular formula is C11H22NOS+. The lowest BCUT2D eigenvalue weighted by Crippen LogP contribution is -2.71. The highest BCUT2D eigenvalue weighted by Crippen LogP contribution is 2.21. The highest BCUT2D eigenvalue weighted by molar-refractivity contribution is 7.98. The molecule has 0 saturated carbocycles. The number of rotatable bonds is 8. The first-order valence-corrected chi connectivity index (χ1v) is 6.26. The second-order valence-corrected chi connectivity index (χ2v) is 4.55. The maximum Gasteiger partial charge on any atom is 0.123 e. The van der Waals surface area contributed by atoms with E-state index in [2.05, 4.69) is 25.1 Å². The molecule has 0 aromatic heterocycles. The number of quaternary nitrogens is 1. The first-order valence-electron chi connectivity index (χ1n) is 4.87. The average molecular weight is 216 g/mol. The summed E-state index contributed by atoms with van der Waals surface area (Å²) in [5.74, 6) is 1.03. The Morgan fingerprint density at radius 3 is 2.29 bits per heavy atom. The SMILES string of the molecule is C=CCC(O)(CC=C)[C@@H]([NH3+])CCSC. The maximum atomic E-state index is 10.3. The molecule has 0 aliphatic heterocycles. The minimum atomic E-state index is -0.751. The Hall–Kier alpha value is -0.250. The first kappa shape index (κ1) is 13.8. The lowest BCUT2D eigenvalue weighted by atomic mass is 9.86. The molecule has 0 bridgehead atoms. The van der Waals surface area contributed by atoms with Crippen LogP contribution in [0.2, 0.25) is 0 Å². The van der Waals surface area contributed by atoms with Crippen molar-refractivity contribution >= 4 is 11.8 Å². The van der Waals surface area contributed by atoms with E-state index in [1.165, 1.54) is 0 Å². The molecule has 0 amide bonds. The van der Waals surface area contributed by atoms with Gasteiger partial charge in [0.05, 0.1) is 0 Å². The van der Waals surface area contributed by atoms with E-state index < -0.39 is 5.60 Å². The third kappa shape index (κ3) is 4.31. The van der Waals surface area contributed by atoms with Crippen molar-refractivity contribution in [2.75, 3.05) is 12.0 Å². The lowest BCUT2D eigenvalue weighted by molar-refractivity contribution is -0.454. The van der Waals surface area contributed by atoms with Gasteiger partial charge in [-0.05, 0) is 24.9 Å². The molecule has 0 aromatic rings. The summed E-state index contributed by atoms with van der Waals surface area (Å²) in [5.41, 5.74) is 3.28. The van der Waals surface area contributed by atoms with Crippen LogP contribution in [-0.2, 0) is 0 Å². The van der Waals surface area contributed by atoms with Crippen LogP contribution in [0.3, 0.4) is 0 Å². The van der Waals surface area contributed by atoms with Gasteiger partial charge in [0.1, 0.15) is 11.6 Å². The number of aliphatic hydroxyl groups is 1. The summed E-state index contributed by atoms with van der Waals surface area (Å²) in [4.78, 5) is 0. The van der Waals surface area contributed by atoms with Crippen LogP contribution in [0.25, 0.3) is 0 Å². The predicted molar refractivity (Wildman–Crippen MR) is 64.3 cm³/mol. The molecule has 0 radical (unpaired) electrons. The Morgan fingerprint density at radius 2 is 1.93 bits per heavy atom. The van der Waals surface area contributed by atoms with E-state index in [1.54, 1.807) is 23.9 Å². The first-order chi connectivity index (χ1) is 6.60. The van der Waals surface area contributed by atoms with Crippen molar-refractivity contribution in [3.8, 4) is 0 Å². The Bertz CT molecular complexity index is 172. The summed E-state index contributed by atoms with van der Waals surface area (Å²) >= 11 is 1.78. The van der Waals surface area contributed by atoms with Gasteiger partial charge >= 0.3 is 0 Å². The molecule has 2 nitrogen and oxygen atoms in total. The van der Waals surface area contributed by atoms with Crippen LogP contribution in [0.5, 0.6) is 0 Å². The van der Waals surface area contributed by atoms with Crippen molar-refractivity contribution in [1.82, 2.24) is 0 Å². The predicted octanol–water partition coefficient (Wildman–Crippen LogP) is 1.23. The van der Waals surface area contributed by atoms with Gasteiger partial charge in [-0.25, -0.2) is 0 Å². The van der Waals surface area contributed by atoms with Crippen LogP contribution < -0.4 is 5.73 Å². The largest absolute Gasteiger partial charge is 0.383 e. The molecule has 82 valence electrons. The fraction of sp³-hybridized carbons (Fsp3) is 0.636. The molecule has 0 aromatic carbocycles. The topological polar surface area (TPSA) is 47.9 Å². The number of hydrogen-bond donors (Lipinski definition) is 2. The van der Waals surface area contributed by atoms with E-state index in [-0.39, 0.29) is 6.04 Å². The van der Waals surface area contributed by atoms with Crippen LogP contribution in [0.4, 0.5) is 0 Å². The monoisotopic (exact) mass is 216 g/mol. The highest BCUT2D eigenvalue weighted by atomic mass is 32.2. The molecule has 0 heterocycles. The van der Waals surface area contributed by atoms with E-state index in [9.17, 15) is 5.11 Å². The minimum Gasteiger partial charge on any atom is -0.383 e. The summed E-state index contributed by atoms with van der Waals surface area (Å²) in [6, 6.07) is 0.0472. The zero-order valence-corrected chi connectivity index (χ0v) is 9.85. The average Bonchev–Trinajstić information content (AvgIpc) is 2.15. The van der Waals surface area contributed by atoms with Crippen molar-refractivity contribution in [3.63, 3.8) is 0 Å². The summed E-state index contributed by atoms with van der Waals surface area (Å²) in [6.07, 6.45) is 7.66. The molecule has 0 unspecified atom stereocenters. The van der Waals surface area contributed by atoms with Gasteiger partial charge in [0.2, 0.25) is 0 Å². The molecule has 0 aliphatic rings. The van der Waals surface area contributed by atoms with E-state index in [4.69, 9.17) is 0 Å². The van der Waals surface area contributed by atoms with Gasteiger partial charge in [0.15, 0.2) is 0 Å². The van der Waals surface area contributed by atoms with Crippen molar-refractivity contribution in [2.45, 2.75) is 30.9 Å². The van der Waals surface area contributed by atoms with Crippen LogP contribution >= 0.6 is 11.8 Å². The maximum absolute atomic E-state index is 10.3. The molecular weight excluding hydrogens is 194 g/mol. The Kier molecular flexibility index (Phi) is 6.97. The van der Waals surface area contributed by atoms with E-state index in [0.29, 0.717) is 12.8 Å². The van der Waals surface area contributed by atoms with Gasteiger partial charge in [-0.3, -0.25) is 0 Å². The van der Waals surface area contributed by atoms with Crippen molar-refractivity contribution in [2.24, 2.45) is 0 Å². The molecule has 0 rings (SSSR count). The zero-order chi connectivity index (χ0) is 11.0. The lowest BCUT2D eigenvalue weighted by Gasteiger charge is -2.29. The fourth-order valence-corrected chi connectivity index (χ4v) is 1.97. The van der Waals surface area contributed by atoms with Crippen LogP contribution in [0.1, 0.15) is 19.3 Å². The third-order valence-corrected chi connectivity index (χ3v) is 3.07. The third-order valence-electron chi connectivity index (χ3n) is 2.43. The van der Waals surface area contributed by atoms with E-state index in [0.717, 1.165) is 12.2 Å². The fourth-order valence-electron chi connectivity index (χ4n) is 1.45. The van der Waals surface area contributed by atoms with Crippen LogP contribution in [0.15, 0.2) is 25.3 Å². The summed E-state index contributed by atoms with van der Waals surface area (Å²) in [6.45, 7) is 7.33. The smallest absolute Gasteiger partial charge is 0.123 e. The highest BCUT2D eigenvalue weighted by Gasteiger charge is 2.34. The number of thioether (sulfide) groups is 1. The standard InChI is InChI=1S/C11H21NOS/c1-4-7-11(13,8-5-2)10(12)6-9-14-3/h4-5,10,13H,1-2,6-9,12H2,3H3/p+1/t10-/m0/s1. The second-order valence-electron chi connectivity index (χ2n) is 3.57. The summed E-state index contributed by atoms with van der Waals surface area (Å²) in [7, 11) is 0. The molecule has 4 N–H and O–H groups in total. The zero-order valence-electron chi connectivity index (χ0n) is 9.04. The van der Waals surface area contributed by atoms with Crippen molar-refractivity contribution in [1.29, 1.82) is 0 Å². The van der Waals surface area contributed by atoms with E-state index >= 15 is 0 Å². The van der Waals surface area contributed by atoms with Crippen LogP contribution in [0, 0.1) is 0 Å². The molecule has 0 aliphatic carbocycles. The van der Waals surface area contributed by atoms with Gasteiger partial charge < -0.3 is 10.8 Å². The second kappa shape index (κ2) is 7.10.